The second-order valence-electron chi connectivity index (χ2n) is 17.4. The topological polar surface area (TPSA) is 89.1 Å². The molecule has 8 aliphatic rings. The molecule has 0 saturated carbocycles. The van der Waals surface area contributed by atoms with Crippen LogP contribution in [0, 0.1) is 0 Å². The third-order valence-electron chi connectivity index (χ3n) is 13.7. The standard InChI is InChI=1S/2C20H40N4P.CH2O3/c2*1-5-13-21(14-6-1)25(22-15-7-2-8-16-22,23-17-9-3-10-18-23)24-19-11-4-12-20-24;2-1(3)4/h2*1-20H2;(H2,2,3,4)/q2*+1;/p-2. The lowest BCUT2D eigenvalue weighted by Gasteiger charge is -2.54. The van der Waals surface area contributed by atoms with Gasteiger partial charge in [0, 0.05) is 105 Å². The Morgan fingerprint density at radius 1 is 0.241 bits per heavy atom. The first-order chi connectivity index (χ1) is 26.6. The van der Waals surface area contributed by atoms with Gasteiger partial charge in [0.05, 0.1) is 0 Å². The van der Waals surface area contributed by atoms with Crippen molar-refractivity contribution in [1.29, 1.82) is 0 Å². The van der Waals surface area contributed by atoms with Crippen molar-refractivity contribution >= 4 is 21.9 Å². The van der Waals surface area contributed by atoms with E-state index in [1.165, 1.54) is 259 Å². The minimum atomic E-state index is -2.33. The van der Waals surface area contributed by atoms with Crippen LogP contribution in [0.5, 0.6) is 0 Å². The Labute approximate surface area is 332 Å². The summed E-state index contributed by atoms with van der Waals surface area (Å²) in [6, 6.07) is 0. The molecule has 8 saturated heterocycles. The Kier molecular flexibility index (Phi) is 18.3. The molecular weight excluding hydrogens is 714 g/mol. The van der Waals surface area contributed by atoms with E-state index in [1.807, 2.05) is 0 Å². The quantitative estimate of drug-likeness (QED) is 0.244. The summed E-state index contributed by atoms with van der Waals surface area (Å²) in [4.78, 5) is 8.33. The molecule has 0 radical (unpaired) electrons. The molecular formula is C41H80N8O3P2. The van der Waals surface area contributed by atoms with Crippen LogP contribution < -0.4 is 10.2 Å². The maximum Gasteiger partial charge on any atom is 0.308 e. The van der Waals surface area contributed by atoms with E-state index in [0.29, 0.717) is 0 Å². The number of carbonyl (C=O) groups is 1. The SMILES string of the molecule is C1CCN([P+](N2CCCCC2)(N2CCCCC2)N2CCCCC2)CC1.C1CCN([P+](N2CCCCC2)(N2CCCCC2)N2CCCCC2)CC1.O=C([O-])[O-]. The predicted octanol–water partition coefficient (Wildman–Crippen LogP) is 6.77. The average Bonchev–Trinajstić information content (AvgIpc) is 3.25. The molecule has 0 aliphatic carbocycles. The van der Waals surface area contributed by atoms with Gasteiger partial charge in [0.1, 0.15) is 0 Å². The highest BCUT2D eigenvalue weighted by molar-refractivity contribution is 7.67. The number of rotatable bonds is 8. The van der Waals surface area contributed by atoms with Gasteiger partial charge in [0.15, 0.2) is 0 Å². The highest BCUT2D eigenvalue weighted by Crippen LogP contribution is 2.73. The maximum atomic E-state index is 8.33. The minimum Gasteiger partial charge on any atom is -0.652 e. The summed E-state index contributed by atoms with van der Waals surface area (Å²) in [7, 11) is -2.93. The second kappa shape index (κ2) is 22.8. The molecule has 8 heterocycles. The van der Waals surface area contributed by atoms with Crippen molar-refractivity contribution in [3.05, 3.63) is 0 Å². The molecule has 0 atom stereocenters. The summed E-state index contributed by atoms with van der Waals surface area (Å²) >= 11 is 0. The molecule has 0 aromatic carbocycles. The third-order valence-corrected chi connectivity index (χ3v) is 23.0. The molecule has 0 aromatic heterocycles. The molecule has 8 rings (SSSR count). The summed E-state index contributed by atoms with van der Waals surface area (Å²) in [5, 5.41) is 16.7. The first kappa shape index (κ1) is 43.4. The van der Waals surface area contributed by atoms with E-state index in [9.17, 15) is 0 Å². The van der Waals surface area contributed by atoms with Crippen LogP contribution in [0.4, 0.5) is 4.79 Å². The van der Waals surface area contributed by atoms with Crippen LogP contribution in [-0.4, -0.2) is 148 Å². The van der Waals surface area contributed by atoms with E-state index in [1.54, 1.807) is 0 Å². The number of hydrogen-bond acceptors (Lipinski definition) is 11. The predicted molar refractivity (Wildman–Crippen MR) is 223 cm³/mol. The molecule has 8 fully saturated rings. The molecule has 54 heavy (non-hydrogen) atoms. The van der Waals surface area contributed by atoms with Gasteiger partial charge in [0.25, 0.3) is 0 Å². The molecule has 11 nitrogen and oxygen atoms in total. The van der Waals surface area contributed by atoms with Gasteiger partial charge in [-0.1, -0.05) is 51.4 Å². The lowest BCUT2D eigenvalue weighted by atomic mass is 10.2. The van der Waals surface area contributed by atoms with E-state index in [2.05, 4.69) is 37.4 Å². The average molecular weight is 795 g/mol. The van der Waals surface area contributed by atoms with Crippen molar-refractivity contribution in [2.45, 2.75) is 154 Å². The van der Waals surface area contributed by atoms with Crippen LogP contribution in [0.25, 0.3) is 0 Å². The fraction of sp³-hybridized carbons (Fsp3) is 0.976. The van der Waals surface area contributed by atoms with E-state index < -0.39 is 21.9 Å². The molecule has 312 valence electrons. The fourth-order valence-electron chi connectivity index (χ4n) is 11.3. The monoisotopic (exact) mass is 795 g/mol. The van der Waals surface area contributed by atoms with Crippen molar-refractivity contribution in [2.75, 3.05) is 105 Å². The number of carbonyl (C=O) groups excluding carboxylic acids is 1. The number of nitrogens with zero attached hydrogens (tertiary/aromatic N) is 8. The molecule has 13 heteroatoms. The van der Waals surface area contributed by atoms with Crippen molar-refractivity contribution in [3.63, 3.8) is 0 Å². The summed E-state index contributed by atoms with van der Waals surface area (Å²) in [5.74, 6) is 0. The van der Waals surface area contributed by atoms with Crippen LogP contribution >= 0.6 is 15.7 Å². The van der Waals surface area contributed by atoms with E-state index in [-0.39, 0.29) is 0 Å². The van der Waals surface area contributed by atoms with Crippen molar-refractivity contribution < 1.29 is 15.0 Å². The highest BCUT2D eigenvalue weighted by atomic mass is 31.2. The first-order valence-electron chi connectivity index (χ1n) is 23.3. The molecule has 0 spiro atoms. The zero-order valence-electron chi connectivity index (χ0n) is 34.5. The smallest absolute Gasteiger partial charge is 0.308 e. The van der Waals surface area contributed by atoms with Gasteiger partial charge < -0.3 is 15.0 Å². The van der Waals surface area contributed by atoms with Crippen molar-refractivity contribution in [1.82, 2.24) is 37.4 Å². The number of carboxylic acid groups (broad SMARTS) is 2. The molecule has 0 unspecified atom stereocenters. The highest BCUT2D eigenvalue weighted by Gasteiger charge is 2.63. The Morgan fingerprint density at radius 3 is 0.426 bits per heavy atom. The first-order valence-corrected chi connectivity index (χ1v) is 26.5. The zero-order chi connectivity index (χ0) is 37.5. The van der Waals surface area contributed by atoms with Gasteiger partial charge >= 0.3 is 15.7 Å². The van der Waals surface area contributed by atoms with E-state index >= 15 is 0 Å². The third kappa shape index (κ3) is 10.7. The van der Waals surface area contributed by atoms with Gasteiger partial charge in [-0.25, -0.2) is 0 Å². The van der Waals surface area contributed by atoms with Gasteiger partial charge in [-0.2, -0.15) is 0 Å². The molecule has 0 aromatic rings. The van der Waals surface area contributed by atoms with Gasteiger partial charge in [0.2, 0.25) is 0 Å². The van der Waals surface area contributed by atoms with Crippen molar-refractivity contribution in [3.8, 4) is 0 Å². The Morgan fingerprint density at radius 2 is 0.333 bits per heavy atom. The Hall–Kier alpha value is -0.190. The summed E-state index contributed by atoms with van der Waals surface area (Å²) < 4.78 is 24.3. The van der Waals surface area contributed by atoms with Crippen LogP contribution in [0.3, 0.4) is 0 Å². The van der Waals surface area contributed by atoms with Gasteiger partial charge in [-0.3, -0.25) is 0 Å². The minimum absolute atomic E-state index is 1.36. The lowest BCUT2D eigenvalue weighted by molar-refractivity contribution is -0.415. The zero-order valence-corrected chi connectivity index (χ0v) is 36.3. The largest absolute Gasteiger partial charge is 0.652 e. The molecule has 8 aliphatic heterocycles. The summed E-state index contributed by atoms with van der Waals surface area (Å²) in [6.07, 6.45) is 32.2. The van der Waals surface area contributed by atoms with Gasteiger partial charge in [-0.15, -0.1) is 37.4 Å². The van der Waals surface area contributed by atoms with Crippen LogP contribution in [-0.2, 0) is 0 Å². The molecule has 0 amide bonds. The fourth-order valence-corrected chi connectivity index (χ4v) is 22.2. The number of hydrogen-bond donors (Lipinski definition) is 0. The van der Waals surface area contributed by atoms with Crippen LogP contribution in [0.15, 0.2) is 0 Å². The van der Waals surface area contributed by atoms with E-state index in [4.69, 9.17) is 15.0 Å². The van der Waals surface area contributed by atoms with Crippen LogP contribution in [0.1, 0.15) is 154 Å². The normalized spacial score (nSPS) is 28.0. The molecule has 0 N–H and O–H groups in total. The Bertz CT molecular complexity index is 812. The summed E-state index contributed by atoms with van der Waals surface area (Å²) in [6.45, 7) is 21.7. The second-order valence-corrected chi connectivity index (χ2v) is 24.1. The van der Waals surface area contributed by atoms with Crippen molar-refractivity contribution in [2.24, 2.45) is 0 Å². The summed E-state index contributed by atoms with van der Waals surface area (Å²) in [5.41, 5.74) is 0. The maximum absolute atomic E-state index is 8.33. The lowest BCUT2D eigenvalue weighted by Crippen LogP contribution is -2.56. The van der Waals surface area contributed by atoms with Gasteiger partial charge in [-0.05, 0) is 109 Å². The Balaban J connectivity index is 0.000000168. The van der Waals surface area contributed by atoms with E-state index in [0.717, 1.165) is 0 Å². The number of piperidine rings is 8. The molecule has 0 bridgehead atoms. The van der Waals surface area contributed by atoms with Crippen LogP contribution in [0.2, 0.25) is 0 Å².